The van der Waals surface area contributed by atoms with Crippen molar-refractivity contribution in [3.05, 3.63) is 23.3 Å². The van der Waals surface area contributed by atoms with E-state index in [0.717, 1.165) is 48.3 Å². The lowest BCUT2D eigenvalue weighted by Crippen LogP contribution is -2.54. The van der Waals surface area contributed by atoms with Crippen molar-refractivity contribution in [2.24, 2.45) is 0 Å². The average Bonchev–Trinajstić information content (AvgIpc) is 3.14. The summed E-state index contributed by atoms with van der Waals surface area (Å²) in [6, 6.07) is 4.34. The van der Waals surface area contributed by atoms with Gasteiger partial charge in [-0.1, -0.05) is 11.3 Å². The summed E-state index contributed by atoms with van der Waals surface area (Å²) in [7, 11) is 0. The normalized spacial score (nSPS) is 23.8. The number of hydrogen-bond donors (Lipinski definition) is 2. The summed E-state index contributed by atoms with van der Waals surface area (Å²) in [4.78, 5) is 2.89. The molecule has 0 radical (unpaired) electrons. The van der Waals surface area contributed by atoms with Crippen molar-refractivity contribution in [2.75, 3.05) is 18.0 Å². The number of aromatic nitrogens is 4. The van der Waals surface area contributed by atoms with Gasteiger partial charge in [0.25, 0.3) is 6.43 Å². The molecule has 1 saturated heterocycles. The fourth-order valence-corrected chi connectivity index (χ4v) is 5.98. The van der Waals surface area contributed by atoms with Gasteiger partial charge < -0.3 is 14.8 Å². The topological polar surface area (TPSA) is 94.0 Å². The van der Waals surface area contributed by atoms with Gasteiger partial charge in [-0.25, -0.2) is 13.5 Å². The van der Waals surface area contributed by atoms with Gasteiger partial charge in [-0.2, -0.15) is 5.10 Å². The molecular formula is C20H25F2N7OS2. The molecule has 2 fully saturated rings. The number of nitrogens with one attached hydrogen (secondary N) is 2. The second kappa shape index (κ2) is 8.17. The third-order valence-corrected chi connectivity index (χ3v) is 8.14. The van der Waals surface area contributed by atoms with Crippen LogP contribution in [0.3, 0.4) is 0 Å². The van der Waals surface area contributed by atoms with E-state index in [2.05, 4.69) is 51.0 Å². The molecule has 1 aliphatic heterocycles. The average molecular weight is 482 g/mol. The van der Waals surface area contributed by atoms with Crippen molar-refractivity contribution in [3.63, 3.8) is 0 Å². The maximum atomic E-state index is 13.2. The number of hydrogen-bond acceptors (Lipinski definition) is 8. The first-order chi connectivity index (χ1) is 15.2. The van der Waals surface area contributed by atoms with E-state index in [0.29, 0.717) is 22.5 Å². The summed E-state index contributed by atoms with van der Waals surface area (Å²) in [5.41, 5.74) is 1.49. The third-order valence-electron chi connectivity index (χ3n) is 5.89. The number of anilines is 1. The van der Waals surface area contributed by atoms with E-state index >= 15 is 0 Å². The van der Waals surface area contributed by atoms with Crippen molar-refractivity contribution in [2.45, 2.75) is 62.6 Å². The Balaban J connectivity index is 1.61. The van der Waals surface area contributed by atoms with Crippen LogP contribution < -0.4 is 14.9 Å². The molecule has 2 unspecified atom stereocenters. The van der Waals surface area contributed by atoms with E-state index in [1.807, 2.05) is 6.07 Å². The number of halogens is 2. The van der Waals surface area contributed by atoms with Gasteiger partial charge in [0, 0.05) is 42.7 Å². The number of nitrogens with zero attached hydrogens (tertiary/aromatic N) is 5. The zero-order valence-electron chi connectivity index (χ0n) is 18.0. The highest BCUT2D eigenvalue weighted by molar-refractivity contribution is 7.89. The molecule has 0 spiro atoms. The molecule has 8 nitrogen and oxygen atoms in total. The van der Waals surface area contributed by atoms with E-state index in [9.17, 15) is 13.3 Å². The van der Waals surface area contributed by atoms with Gasteiger partial charge in [-0.15, -0.1) is 14.9 Å². The van der Waals surface area contributed by atoms with Gasteiger partial charge in [0.05, 0.1) is 34.3 Å². The zero-order chi connectivity index (χ0) is 22.6. The summed E-state index contributed by atoms with van der Waals surface area (Å²) in [6.45, 7) is 7.91. The molecule has 0 bridgehead atoms. The predicted octanol–water partition coefficient (Wildman–Crippen LogP) is 3.17. The zero-order valence-corrected chi connectivity index (χ0v) is 19.6. The number of fused-ring (bicyclic) bond motifs is 1. The lowest BCUT2D eigenvalue weighted by atomic mass is 10.1. The van der Waals surface area contributed by atoms with Gasteiger partial charge in [0.15, 0.2) is 9.90 Å². The Bertz CT molecular complexity index is 1120. The molecule has 2 aliphatic rings. The van der Waals surface area contributed by atoms with Crippen LogP contribution in [0.5, 0.6) is 0 Å². The summed E-state index contributed by atoms with van der Waals surface area (Å²) >= 11 is -0.612. The Labute approximate surface area is 191 Å². The van der Waals surface area contributed by atoms with E-state index in [-0.39, 0.29) is 15.7 Å². The minimum absolute atomic E-state index is 0.107. The van der Waals surface area contributed by atoms with Crippen molar-refractivity contribution in [3.8, 4) is 5.13 Å². The van der Waals surface area contributed by atoms with Gasteiger partial charge in [0.2, 0.25) is 5.13 Å². The molecule has 3 heterocycles. The smallest absolute Gasteiger partial charge is 0.291 e. The molecule has 1 aromatic carbocycles. The predicted molar refractivity (Wildman–Crippen MR) is 121 cm³/mol. The summed E-state index contributed by atoms with van der Waals surface area (Å²) in [5.74, 6) is 0. The molecular weight excluding hydrogens is 456 g/mol. The van der Waals surface area contributed by atoms with Crippen LogP contribution in [-0.2, 0) is 11.4 Å². The van der Waals surface area contributed by atoms with E-state index in [1.54, 1.807) is 12.3 Å². The minimum atomic E-state index is -2.69. The van der Waals surface area contributed by atoms with Crippen LogP contribution in [0.2, 0.25) is 0 Å². The third kappa shape index (κ3) is 4.21. The Kier molecular flexibility index (Phi) is 5.61. The van der Waals surface area contributed by atoms with Crippen LogP contribution in [0.15, 0.2) is 23.2 Å². The number of alkyl halides is 2. The maximum Gasteiger partial charge on any atom is 0.291 e. The standard InChI is InChI=1S/C20H25F2N7OS2/c1-11-9-28(10-12(2)24-11)15-6-13(32(30)27-20(3)4-5-20)7-16-14(15)8-23-29(16)19-26-25-18(31-19)17(21)22/h6-8,11-12,17,24,27H,4-5,9-10H2,1-3H3/t11-,12?,32?/m0/s1. The van der Waals surface area contributed by atoms with Crippen molar-refractivity contribution in [1.82, 2.24) is 30.0 Å². The number of piperazine rings is 1. The molecule has 12 heteroatoms. The van der Waals surface area contributed by atoms with E-state index < -0.39 is 17.8 Å². The second-order valence-corrected chi connectivity index (χ2v) is 11.2. The van der Waals surface area contributed by atoms with Gasteiger partial charge in [0.1, 0.15) is 0 Å². The SMILES string of the molecule is CC1CN(c2cc([S+]([O-])NC3(C)CC3)cc3c2cnn3-c2nnc(C(F)F)s2)C[C@H](C)N1. The van der Waals surface area contributed by atoms with Gasteiger partial charge in [-0.05, 0) is 33.6 Å². The molecule has 3 atom stereocenters. The summed E-state index contributed by atoms with van der Waals surface area (Å²) < 4.78 is 44.0. The van der Waals surface area contributed by atoms with Crippen molar-refractivity contribution in [1.29, 1.82) is 0 Å². The molecule has 1 saturated carbocycles. The Hall–Kier alpha value is -1.86. The Morgan fingerprint density at radius 3 is 2.59 bits per heavy atom. The monoisotopic (exact) mass is 481 g/mol. The van der Waals surface area contributed by atoms with Crippen molar-refractivity contribution >= 4 is 39.3 Å². The second-order valence-electron chi connectivity index (χ2n) is 8.96. The summed E-state index contributed by atoms with van der Waals surface area (Å²) in [6.07, 6.45) is 1.00. The summed E-state index contributed by atoms with van der Waals surface area (Å²) in [5, 5.41) is 16.2. The van der Waals surface area contributed by atoms with E-state index in [1.165, 1.54) is 4.68 Å². The lowest BCUT2D eigenvalue weighted by molar-refractivity contribution is 0.150. The Morgan fingerprint density at radius 2 is 1.97 bits per heavy atom. The molecule has 5 rings (SSSR count). The Morgan fingerprint density at radius 1 is 1.25 bits per heavy atom. The molecule has 2 N–H and O–H groups in total. The van der Waals surface area contributed by atoms with Crippen LogP contribution in [0, 0.1) is 0 Å². The molecule has 2 aromatic heterocycles. The van der Waals surface area contributed by atoms with Crippen LogP contribution in [0.1, 0.15) is 45.0 Å². The number of rotatable bonds is 6. The van der Waals surface area contributed by atoms with E-state index in [4.69, 9.17) is 0 Å². The first-order valence-corrected chi connectivity index (χ1v) is 12.5. The minimum Gasteiger partial charge on any atom is -0.593 e. The van der Waals surface area contributed by atoms with Crippen LogP contribution in [0.4, 0.5) is 14.5 Å². The quantitative estimate of drug-likeness (QED) is 0.523. The molecule has 0 amide bonds. The van der Waals surface area contributed by atoms with Gasteiger partial charge >= 0.3 is 0 Å². The highest BCUT2D eigenvalue weighted by Gasteiger charge is 2.42. The van der Waals surface area contributed by atoms with Crippen LogP contribution in [-0.4, -0.2) is 55.2 Å². The van der Waals surface area contributed by atoms with Crippen molar-refractivity contribution < 1.29 is 13.3 Å². The fraction of sp³-hybridized carbons (Fsp3) is 0.550. The largest absolute Gasteiger partial charge is 0.593 e. The first-order valence-electron chi connectivity index (χ1n) is 10.6. The van der Waals surface area contributed by atoms with Crippen LogP contribution in [0.25, 0.3) is 16.0 Å². The van der Waals surface area contributed by atoms with Gasteiger partial charge in [-0.3, -0.25) is 0 Å². The highest BCUT2D eigenvalue weighted by atomic mass is 32.2. The lowest BCUT2D eigenvalue weighted by Gasteiger charge is -2.38. The highest BCUT2D eigenvalue weighted by Crippen LogP contribution is 2.38. The first kappa shape index (κ1) is 22.0. The molecule has 1 aliphatic carbocycles. The fourth-order valence-electron chi connectivity index (χ4n) is 4.10. The maximum absolute atomic E-state index is 13.2. The number of benzene rings is 1. The van der Waals surface area contributed by atoms with Crippen LogP contribution >= 0.6 is 11.3 Å². The molecule has 172 valence electrons. The molecule has 32 heavy (non-hydrogen) atoms. The molecule has 3 aromatic rings.